The monoisotopic (exact) mass is 363 g/mol. The predicted octanol–water partition coefficient (Wildman–Crippen LogP) is 2.71. The standard InChI is InChI=1S/C12H14BrNO5S/c1-3-12(13,20(18,19)4-2)11(15)9-6-5-7-10(8-9)14(16)17/h5-8H,3-4H2,1-2H3/t12-/m0/s1. The van der Waals surface area contributed by atoms with Gasteiger partial charge in [-0.25, -0.2) is 8.42 Å². The van der Waals surface area contributed by atoms with Gasteiger partial charge in [0, 0.05) is 23.4 Å². The number of carbonyl (C=O) groups is 1. The van der Waals surface area contributed by atoms with Gasteiger partial charge in [-0.1, -0.05) is 41.9 Å². The smallest absolute Gasteiger partial charge is 0.270 e. The molecule has 0 saturated carbocycles. The van der Waals surface area contributed by atoms with Crippen molar-refractivity contribution in [3.8, 4) is 0 Å². The molecule has 1 aromatic carbocycles. The molecule has 1 rings (SSSR count). The first-order valence-corrected chi connectivity index (χ1v) is 8.34. The van der Waals surface area contributed by atoms with E-state index in [9.17, 15) is 23.3 Å². The highest BCUT2D eigenvalue weighted by Crippen LogP contribution is 2.34. The van der Waals surface area contributed by atoms with Crippen LogP contribution >= 0.6 is 15.9 Å². The first-order chi connectivity index (χ1) is 9.19. The van der Waals surface area contributed by atoms with Crippen LogP contribution in [0, 0.1) is 10.1 Å². The third-order valence-corrected chi connectivity index (χ3v) is 7.61. The van der Waals surface area contributed by atoms with Crippen LogP contribution in [0.4, 0.5) is 5.69 Å². The fraction of sp³-hybridized carbons (Fsp3) is 0.417. The number of rotatable bonds is 6. The third-order valence-electron chi connectivity index (χ3n) is 2.99. The SMILES string of the molecule is CC[C@@](Br)(C(=O)c1cccc([N+](=O)[O-])c1)S(=O)(=O)CC. The maximum absolute atomic E-state index is 12.4. The number of Topliss-reactive ketones (excluding diaryl/α,β-unsaturated/α-hetero) is 1. The summed E-state index contributed by atoms with van der Waals surface area (Å²) in [5.74, 6) is -0.891. The second kappa shape index (κ2) is 6.01. The van der Waals surface area contributed by atoms with Gasteiger partial charge in [-0.15, -0.1) is 0 Å². The van der Waals surface area contributed by atoms with Gasteiger partial charge in [-0.05, 0) is 6.42 Å². The number of sulfone groups is 1. The fourth-order valence-corrected chi connectivity index (χ4v) is 3.94. The molecule has 0 N–H and O–H groups in total. The van der Waals surface area contributed by atoms with Crippen molar-refractivity contribution in [2.45, 2.75) is 23.9 Å². The lowest BCUT2D eigenvalue weighted by atomic mass is 10.1. The van der Waals surface area contributed by atoms with E-state index in [1.807, 2.05) is 0 Å². The number of halogens is 1. The summed E-state index contributed by atoms with van der Waals surface area (Å²) >= 11 is 3.02. The second-order valence-electron chi connectivity index (χ2n) is 4.12. The van der Waals surface area contributed by atoms with Gasteiger partial charge in [0.05, 0.1) is 4.92 Å². The Morgan fingerprint density at radius 2 is 2.00 bits per heavy atom. The first kappa shape index (κ1) is 16.8. The van der Waals surface area contributed by atoms with Crippen molar-refractivity contribution in [2.24, 2.45) is 0 Å². The van der Waals surface area contributed by atoms with Crippen molar-refractivity contribution in [1.82, 2.24) is 0 Å². The number of nitrogens with zero attached hydrogens (tertiary/aromatic N) is 1. The fourth-order valence-electron chi connectivity index (χ4n) is 1.73. The topological polar surface area (TPSA) is 94.3 Å². The van der Waals surface area contributed by atoms with Gasteiger partial charge >= 0.3 is 0 Å². The molecule has 0 fully saturated rings. The number of carbonyl (C=O) groups excluding carboxylic acids is 1. The number of hydrogen-bond acceptors (Lipinski definition) is 5. The van der Waals surface area contributed by atoms with Crippen LogP contribution < -0.4 is 0 Å². The minimum Gasteiger partial charge on any atom is -0.291 e. The molecule has 1 atom stereocenters. The molecule has 20 heavy (non-hydrogen) atoms. The zero-order chi connectivity index (χ0) is 15.6. The van der Waals surface area contributed by atoms with E-state index >= 15 is 0 Å². The van der Waals surface area contributed by atoms with E-state index in [4.69, 9.17) is 0 Å². The molecule has 6 nitrogen and oxygen atoms in total. The average Bonchev–Trinajstić information content (AvgIpc) is 2.45. The maximum Gasteiger partial charge on any atom is 0.270 e. The Morgan fingerprint density at radius 3 is 2.45 bits per heavy atom. The summed E-state index contributed by atoms with van der Waals surface area (Å²) in [5, 5.41) is 10.7. The van der Waals surface area contributed by atoms with Crippen LogP contribution in [0.5, 0.6) is 0 Å². The Labute approximate surface area is 125 Å². The van der Waals surface area contributed by atoms with Crippen molar-refractivity contribution >= 4 is 37.2 Å². The molecule has 110 valence electrons. The molecule has 0 unspecified atom stereocenters. The predicted molar refractivity (Wildman–Crippen MR) is 78.8 cm³/mol. The van der Waals surface area contributed by atoms with Crippen LogP contribution in [0.15, 0.2) is 24.3 Å². The summed E-state index contributed by atoms with van der Waals surface area (Å²) in [6.07, 6.45) is 0.0324. The Hall–Kier alpha value is -1.28. The normalized spacial score (nSPS) is 14.6. The second-order valence-corrected chi connectivity index (χ2v) is 8.50. The Kier molecular flexibility index (Phi) is 5.04. The van der Waals surface area contributed by atoms with Crippen LogP contribution in [0.2, 0.25) is 0 Å². The molecule has 0 aliphatic rings. The van der Waals surface area contributed by atoms with E-state index in [1.165, 1.54) is 25.1 Å². The lowest BCUT2D eigenvalue weighted by Gasteiger charge is -2.23. The summed E-state index contributed by atoms with van der Waals surface area (Å²) in [7, 11) is -3.69. The van der Waals surface area contributed by atoms with Crippen LogP contribution in [0.25, 0.3) is 0 Å². The number of nitro groups is 1. The third kappa shape index (κ3) is 2.90. The molecule has 0 saturated heterocycles. The highest BCUT2D eigenvalue weighted by atomic mass is 79.9. The van der Waals surface area contributed by atoms with E-state index in [-0.39, 0.29) is 23.4 Å². The van der Waals surface area contributed by atoms with Crippen LogP contribution in [0.1, 0.15) is 30.6 Å². The van der Waals surface area contributed by atoms with Gasteiger partial charge in [0.1, 0.15) is 0 Å². The number of ketones is 1. The van der Waals surface area contributed by atoms with Crippen molar-refractivity contribution in [1.29, 1.82) is 0 Å². The maximum atomic E-state index is 12.4. The Morgan fingerprint density at radius 1 is 1.40 bits per heavy atom. The molecule has 0 heterocycles. The summed E-state index contributed by atoms with van der Waals surface area (Å²) in [5.41, 5.74) is -0.259. The quantitative estimate of drug-likeness (QED) is 0.335. The van der Waals surface area contributed by atoms with E-state index in [2.05, 4.69) is 15.9 Å². The Balaban J connectivity index is 3.36. The van der Waals surface area contributed by atoms with E-state index in [1.54, 1.807) is 6.92 Å². The number of non-ortho nitro benzene ring substituents is 1. The van der Waals surface area contributed by atoms with E-state index < -0.39 is 24.2 Å². The lowest BCUT2D eigenvalue weighted by Crippen LogP contribution is -2.41. The summed E-state index contributed by atoms with van der Waals surface area (Å²) in [6.45, 7) is 3.01. The number of nitro benzene ring substituents is 1. The van der Waals surface area contributed by atoms with Gasteiger partial charge in [-0.3, -0.25) is 14.9 Å². The van der Waals surface area contributed by atoms with Crippen molar-refractivity contribution in [3.63, 3.8) is 0 Å². The molecular weight excluding hydrogens is 350 g/mol. The number of benzene rings is 1. The van der Waals surface area contributed by atoms with Crippen molar-refractivity contribution in [3.05, 3.63) is 39.9 Å². The largest absolute Gasteiger partial charge is 0.291 e. The van der Waals surface area contributed by atoms with Gasteiger partial charge in [0.25, 0.3) is 5.69 Å². The van der Waals surface area contributed by atoms with Crippen LogP contribution in [0.3, 0.4) is 0 Å². The summed E-state index contributed by atoms with van der Waals surface area (Å²) < 4.78 is 22.4. The first-order valence-electron chi connectivity index (χ1n) is 5.90. The van der Waals surface area contributed by atoms with Gasteiger partial charge < -0.3 is 0 Å². The zero-order valence-electron chi connectivity index (χ0n) is 11.0. The van der Waals surface area contributed by atoms with Crippen LogP contribution in [-0.2, 0) is 9.84 Å². The highest BCUT2D eigenvalue weighted by Gasteiger charge is 2.46. The lowest BCUT2D eigenvalue weighted by molar-refractivity contribution is -0.384. The molecule has 0 radical (unpaired) electrons. The number of hydrogen-bond donors (Lipinski definition) is 0. The summed E-state index contributed by atoms with van der Waals surface area (Å²) in [4.78, 5) is 22.5. The average molecular weight is 364 g/mol. The van der Waals surface area contributed by atoms with Gasteiger partial charge in [-0.2, -0.15) is 0 Å². The minimum absolute atomic E-state index is 0.00468. The van der Waals surface area contributed by atoms with Gasteiger partial charge in [0.2, 0.25) is 0 Å². The van der Waals surface area contributed by atoms with Crippen LogP contribution in [-0.4, -0.2) is 28.5 Å². The molecular formula is C12H14BrNO5S. The summed E-state index contributed by atoms with van der Waals surface area (Å²) in [6, 6.07) is 5.05. The molecule has 0 aliphatic heterocycles. The van der Waals surface area contributed by atoms with Crippen molar-refractivity contribution in [2.75, 3.05) is 5.75 Å². The van der Waals surface area contributed by atoms with E-state index in [0.717, 1.165) is 6.07 Å². The minimum atomic E-state index is -3.69. The molecule has 1 aromatic rings. The zero-order valence-corrected chi connectivity index (χ0v) is 13.4. The molecule has 0 aliphatic carbocycles. The molecule has 0 aromatic heterocycles. The Bertz CT molecular complexity index is 643. The van der Waals surface area contributed by atoms with Gasteiger partial charge in [0.15, 0.2) is 19.3 Å². The van der Waals surface area contributed by atoms with Crippen molar-refractivity contribution < 1.29 is 18.1 Å². The molecule has 0 bridgehead atoms. The van der Waals surface area contributed by atoms with E-state index in [0.29, 0.717) is 0 Å². The molecule has 0 spiro atoms. The highest BCUT2D eigenvalue weighted by molar-refractivity contribution is 9.12. The molecule has 0 amide bonds. The molecule has 8 heteroatoms. The number of alkyl halides is 1.